The highest BCUT2D eigenvalue weighted by molar-refractivity contribution is 5.91. The van der Waals surface area contributed by atoms with Gasteiger partial charge in [-0.3, -0.25) is 9.69 Å². The second-order valence-electron chi connectivity index (χ2n) is 8.83. The van der Waals surface area contributed by atoms with Gasteiger partial charge in [-0.15, -0.1) is 0 Å². The Morgan fingerprint density at radius 1 is 1.22 bits per heavy atom. The van der Waals surface area contributed by atoms with Gasteiger partial charge >= 0.3 is 6.18 Å². The molecule has 4 rings (SSSR count). The first-order valence-corrected chi connectivity index (χ1v) is 11.9. The monoisotopic (exact) mass is 503 g/mol. The zero-order chi connectivity index (χ0) is 26.4. The summed E-state index contributed by atoms with van der Waals surface area (Å²) in [6.45, 7) is 5.27. The summed E-state index contributed by atoms with van der Waals surface area (Å²) < 4.78 is 53.2. The highest BCUT2D eigenvalue weighted by Gasteiger charge is 2.35. The third kappa shape index (κ3) is 6.65. The van der Waals surface area contributed by atoms with E-state index in [0.717, 1.165) is 38.8 Å². The molecule has 8 nitrogen and oxygen atoms in total. The molecular weight excluding hydrogens is 473 g/mol. The van der Waals surface area contributed by atoms with Gasteiger partial charge in [0.05, 0.1) is 23.4 Å². The van der Waals surface area contributed by atoms with Crippen molar-refractivity contribution in [3.63, 3.8) is 0 Å². The molecule has 0 bridgehead atoms. The van der Waals surface area contributed by atoms with Gasteiger partial charge in [-0.05, 0) is 43.2 Å². The molecule has 3 heterocycles. The molecule has 2 aromatic rings. The Morgan fingerprint density at radius 2 is 1.97 bits per heavy atom. The summed E-state index contributed by atoms with van der Waals surface area (Å²) in [5, 5.41) is 13.3. The van der Waals surface area contributed by atoms with E-state index in [1.54, 1.807) is 34.6 Å². The Labute approximate surface area is 209 Å². The number of ether oxygens (including phenoxy) is 1. The Morgan fingerprint density at radius 3 is 2.61 bits per heavy atom. The first-order valence-electron chi connectivity index (χ1n) is 12.4. The Kier molecular flexibility index (Phi) is 7.83. The molecule has 0 spiro atoms. The molecule has 0 radical (unpaired) electrons. The fraction of sp³-hybridized carbons (Fsp3) is 0.480. The predicted molar refractivity (Wildman–Crippen MR) is 129 cm³/mol. The zero-order valence-electron chi connectivity index (χ0n) is 20.8. The number of rotatable bonds is 7. The Bertz CT molecular complexity index is 1110. The van der Waals surface area contributed by atoms with Crippen LogP contribution in [-0.2, 0) is 11.0 Å². The number of amides is 1. The van der Waals surface area contributed by atoms with Gasteiger partial charge in [-0.1, -0.05) is 0 Å². The number of halogens is 3. The van der Waals surface area contributed by atoms with E-state index >= 15 is 0 Å². The average Bonchev–Trinajstić information content (AvgIpc) is 2.90. The van der Waals surface area contributed by atoms with Crippen molar-refractivity contribution in [3.8, 4) is 11.8 Å². The molecule has 0 aliphatic carbocycles. The summed E-state index contributed by atoms with van der Waals surface area (Å²) in [7, 11) is 0. The summed E-state index contributed by atoms with van der Waals surface area (Å²) in [5.74, 6) is 0.558. The van der Waals surface area contributed by atoms with Crippen LogP contribution in [0.4, 0.5) is 24.7 Å². The summed E-state index contributed by atoms with van der Waals surface area (Å²) in [6, 6.07) is 8.72. The summed E-state index contributed by atoms with van der Waals surface area (Å²) in [6.07, 6.45) is -2.07. The first-order chi connectivity index (χ1) is 17.7. The third-order valence-electron chi connectivity index (χ3n) is 6.47. The van der Waals surface area contributed by atoms with Crippen LogP contribution in [0.1, 0.15) is 24.0 Å². The predicted octanol–water partition coefficient (Wildman–Crippen LogP) is 3.11. The Hall–Kier alpha value is -3.36. The van der Waals surface area contributed by atoms with E-state index in [1.807, 2.05) is 0 Å². The van der Waals surface area contributed by atoms with Crippen LogP contribution < -0.4 is 20.3 Å². The number of alkyl halides is 3. The van der Waals surface area contributed by atoms with Crippen molar-refractivity contribution in [2.75, 3.05) is 62.6 Å². The molecule has 0 atom stereocenters. The number of anilines is 2. The molecule has 192 valence electrons. The lowest BCUT2D eigenvalue weighted by molar-refractivity contribution is -0.137. The highest BCUT2D eigenvalue weighted by Crippen LogP contribution is 2.35. The molecule has 1 aromatic carbocycles. The van der Waals surface area contributed by atoms with Crippen molar-refractivity contribution >= 4 is 17.4 Å². The number of aromatic nitrogens is 1. The summed E-state index contributed by atoms with van der Waals surface area (Å²) in [5.41, 5.74) is -0.961. The molecule has 11 heteroatoms. The number of pyridine rings is 1. The quantitative estimate of drug-likeness (QED) is 0.600. The normalized spacial score (nSPS) is 18.4. The number of nitriles is 1. The van der Waals surface area contributed by atoms with E-state index in [2.05, 4.69) is 15.2 Å². The number of hydrogen-bond donors (Lipinski definition) is 2. The van der Waals surface area contributed by atoms with Crippen LogP contribution in [0.2, 0.25) is 1.41 Å². The van der Waals surface area contributed by atoms with Crippen LogP contribution in [0.15, 0.2) is 36.5 Å². The van der Waals surface area contributed by atoms with E-state index in [0.29, 0.717) is 49.8 Å². The van der Waals surface area contributed by atoms with Gasteiger partial charge in [0, 0.05) is 57.4 Å². The zero-order valence-corrected chi connectivity index (χ0v) is 19.8. The van der Waals surface area contributed by atoms with Crippen molar-refractivity contribution in [1.29, 1.82) is 5.26 Å². The van der Waals surface area contributed by atoms with E-state index in [-0.39, 0.29) is 11.8 Å². The van der Waals surface area contributed by atoms with Crippen LogP contribution in [0.3, 0.4) is 0 Å². The summed E-state index contributed by atoms with van der Waals surface area (Å²) in [4.78, 5) is 21.0. The standard InChI is InChI=1S/C25H29F3N6O2/c26-25(27,28)22-15-20(2-1-19(22)16-29)34-9-5-18(6-10-34)24(35)32-23-4-3-21(17-31-23)36-14-13-33-11-7-30-8-12-33/h1-4,15,17-18,30H,5-14H2,(H,31,32,35)/i/hD. The summed E-state index contributed by atoms with van der Waals surface area (Å²) >= 11 is 0. The molecule has 2 fully saturated rings. The van der Waals surface area contributed by atoms with Crippen molar-refractivity contribution in [3.05, 3.63) is 47.7 Å². The third-order valence-corrected chi connectivity index (χ3v) is 6.47. The number of carbonyl (C=O) groups excluding carboxylic acids is 1. The van der Waals surface area contributed by atoms with Gasteiger partial charge in [-0.2, -0.15) is 18.4 Å². The number of hydrogen-bond acceptors (Lipinski definition) is 7. The largest absolute Gasteiger partial charge is 0.491 e. The van der Waals surface area contributed by atoms with Gasteiger partial charge in [-0.25, -0.2) is 4.98 Å². The topological polar surface area (TPSA) is 93.5 Å². The number of benzene rings is 1. The highest BCUT2D eigenvalue weighted by atomic mass is 19.4. The van der Waals surface area contributed by atoms with Gasteiger partial charge in [0.2, 0.25) is 5.91 Å². The SMILES string of the molecule is [2H]N1CCN(CCOc2ccc(NC(=O)C3CCN(c4ccc(C#N)c(C(F)(F)F)c4)CC3)nc2)CC1. The lowest BCUT2D eigenvalue weighted by Gasteiger charge is -2.33. The van der Waals surface area contributed by atoms with E-state index in [9.17, 15) is 18.0 Å². The maximum absolute atomic E-state index is 13.3. The Balaban J connectivity index is 1.23. The lowest BCUT2D eigenvalue weighted by atomic mass is 9.95. The van der Waals surface area contributed by atoms with Crippen LogP contribution in [0.5, 0.6) is 5.75 Å². The first kappa shape index (κ1) is 24.3. The van der Waals surface area contributed by atoms with Crippen LogP contribution in [0.25, 0.3) is 0 Å². The minimum absolute atomic E-state index is 0.176. The van der Waals surface area contributed by atoms with E-state index < -0.39 is 17.3 Å². The fourth-order valence-corrected chi connectivity index (χ4v) is 4.39. The average molecular weight is 504 g/mol. The van der Waals surface area contributed by atoms with E-state index in [4.69, 9.17) is 11.4 Å². The molecule has 2 aliphatic rings. The van der Waals surface area contributed by atoms with Gasteiger partial charge < -0.3 is 20.3 Å². The van der Waals surface area contributed by atoms with E-state index in [1.165, 1.54) is 12.1 Å². The molecule has 1 aromatic heterocycles. The van der Waals surface area contributed by atoms with Crippen molar-refractivity contribution in [1.82, 2.24) is 15.2 Å². The number of nitrogens with zero attached hydrogens (tertiary/aromatic N) is 4. The molecule has 2 saturated heterocycles. The number of carbonyl (C=O) groups is 1. The van der Waals surface area contributed by atoms with Crippen molar-refractivity contribution < 1.29 is 24.1 Å². The maximum atomic E-state index is 13.3. The maximum Gasteiger partial charge on any atom is 0.417 e. The van der Waals surface area contributed by atoms with Crippen LogP contribution >= 0.6 is 0 Å². The van der Waals surface area contributed by atoms with Gasteiger partial charge in [0.25, 0.3) is 0 Å². The van der Waals surface area contributed by atoms with Crippen LogP contribution in [0, 0.1) is 17.2 Å². The van der Waals surface area contributed by atoms with Gasteiger partial charge in [0.1, 0.15) is 19.6 Å². The number of piperidine rings is 1. The molecule has 2 N–H and O–H groups in total. The number of piperazine rings is 1. The minimum atomic E-state index is -4.61. The molecule has 0 unspecified atom stereocenters. The lowest BCUT2D eigenvalue weighted by Crippen LogP contribution is -2.44. The molecule has 2 aliphatic heterocycles. The van der Waals surface area contributed by atoms with Gasteiger partial charge in [0.15, 0.2) is 0 Å². The molecule has 36 heavy (non-hydrogen) atoms. The minimum Gasteiger partial charge on any atom is -0.491 e. The molecule has 1 amide bonds. The second-order valence-corrected chi connectivity index (χ2v) is 8.83. The van der Waals surface area contributed by atoms with Crippen molar-refractivity contribution in [2.45, 2.75) is 19.0 Å². The smallest absolute Gasteiger partial charge is 0.417 e. The molecule has 0 saturated carbocycles. The second kappa shape index (κ2) is 11.6. The fourth-order valence-electron chi connectivity index (χ4n) is 4.39. The molecular formula is C25H29F3N6O2. The van der Waals surface area contributed by atoms with Crippen LogP contribution in [-0.4, -0.2) is 68.2 Å². The van der Waals surface area contributed by atoms with Crippen molar-refractivity contribution in [2.24, 2.45) is 5.92 Å². The number of nitrogens with one attached hydrogen (secondary N) is 2.